The highest BCUT2D eigenvalue weighted by molar-refractivity contribution is 8.00. The van der Waals surface area contributed by atoms with Gasteiger partial charge in [-0.3, -0.25) is 10.1 Å². The van der Waals surface area contributed by atoms with Crippen molar-refractivity contribution in [1.82, 2.24) is 20.8 Å². The first-order chi connectivity index (χ1) is 13.5. The van der Waals surface area contributed by atoms with Crippen LogP contribution in [0.25, 0.3) is 11.5 Å². The van der Waals surface area contributed by atoms with Crippen LogP contribution in [0.2, 0.25) is 0 Å². The Labute approximate surface area is 166 Å². The first-order valence-electron chi connectivity index (χ1n) is 8.71. The second-order valence-corrected chi connectivity index (χ2v) is 7.45. The summed E-state index contributed by atoms with van der Waals surface area (Å²) >= 11 is 1.10. The molecule has 0 unspecified atom stereocenters. The molecule has 3 aromatic rings. The fourth-order valence-corrected chi connectivity index (χ4v) is 3.08. The van der Waals surface area contributed by atoms with E-state index in [1.54, 1.807) is 6.92 Å². The Kier molecular flexibility index (Phi) is 6.44. The third kappa shape index (κ3) is 5.43. The number of rotatable bonds is 6. The number of nitrogens with zero attached hydrogens (tertiary/aromatic N) is 2. The van der Waals surface area contributed by atoms with E-state index in [2.05, 4.69) is 20.8 Å². The van der Waals surface area contributed by atoms with Crippen LogP contribution in [0.4, 0.5) is 4.79 Å². The van der Waals surface area contributed by atoms with Crippen LogP contribution in [0.1, 0.15) is 18.1 Å². The van der Waals surface area contributed by atoms with Crippen molar-refractivity contribution >= 4 is 23.7 Å². The third-order valence-electron chi connectivity index (χ3n) is 3.85. The minimum atomic E-state index is -0.576. The summed E-state index contributed by atoms with van der Waals surface area (Å²) in [6.07, 6.45) is 0. The van der Waals surface area contributed by atoms with E-state index in [1.807, 2.05) is 61.5 Å². The molecule has 0 spiro atoms. The Balaban J connectivity index is 1.51. The van der Waals surface area contributed by atoms with Gasteiger partial charge in [0.25, 0.3) is 5.22 Å². The molecule has 0 saturated carbocycles. The summed E-state index contributed by atoms with van der Waals surface area (Å²) in [7, 11) is 0. The van der Waals surface area contributed by atoms with Gasteiger partial charge in [-0.25, -0.2) is 4.79 Å². The van der Waals surface area contributed by atoms with Crippen LogP contribution in [0, 0.1) is 6.92 Å². The van der Waals surface area contributed by atoms with Gasteiger partial charge in [-0.15, -0.1) is 10.2 Å². The number of thioether (sulfide) groups is 1. The molecule has 2 N–H and O–H groups in total. The van der Waals surface area contributed by atoms with Gasteiger partial charge in [0.2, 0.25) is 11.8 Å². The number of hydrogen-bond donors (Lipinski definition) is 2. The van der Waals surface area contributed by atoms with Crippen LogP contribution >= 0.6 is 11.8 Å². The zero-order chi connectivity index (χ0) is 19.9. The van der Waals surface area contributed by atoms with Gasteiger partial charge in [-0.1, -0.05) is 59.8 Å². The van der Waals surface area contributed by atoms with Crippen molar-refractivity contribution in [2.24, 2.45) is 0 Å². The molecule has 2 aromatic carbocycles. The molecule has 8 heteroatoms. The molecule has 28 heavy (non-hydrogen) atoms. The molecule has 0 fully saturated rings. The molecule has 0 radical (unpaired) electrons. The van der Waals surface area contributed by atoms with Crippen LogP contribution in [-0.2, 0) is 11.3 Å². The van der Waals surface area contributed by atoms with Crippen molar-refractivity contribution in [2.45, 2.75) is 30.9 Å². The largest absolute Gasteiger partial charge is 0.411 e. The predicted octanol–water partition coefficient (Wildman–Crippen LogP) is 3.55. The lowest BCUT2D eigenvalue weighted by atomic mass is 10.1. The molecule has 0 bridgehead atoms. The highest BCUT2D eigenvalue weighted by Gasteiger charge is 2.20. The maximum absolute atomic E-state index is 12.2. The van der Waals surface area contributed by atoms with E-state index in [4.69, 9.17) is 4.42 Å². The summed E-state index contributed by atoms with van der Waals surface area (Å²) in [5, 5.41) is 12.6. The van der Waals surface area contributed by atoms with Crippen LogP contribution in [-0.4, -0.2) is 27.4 Å². The average molecular weight is 396 g/mol. The number of carbonyl (C=O) groups excluding carboxylic acids is 2. The number of carbonyl (C=O) groups is 2. The summed E-state index contributed by atoms with van der Waals surface area (Å²) < 4.78 is 5.62. The number of nitrogens with one attached hydrogen (secondary N) is 2. The molecule has 1 aromatic heterocycles. The van der Waals surface area contributed by atoms with Gasteiger partial charge in [0.05, 0.1) is 5.25 Å². The van der Waals surface area contributed by atoms with Crippen molar-refractivity contribution in [1.29, 1.82) is 0 Å². The van der Waals surface area contributed by atoms with Crippen LogP contribution < -0.4 is 10.6 Å². The molecular weight excluding hydrogens is 376 g/mol. The van der Waals surface area contributed by atoms with E-state index in [0.29, 0.717) is 12.4 Å². The number of hydrogen-bond acceptors (Lipinski definition) is 6. The molecule has 3 rings (SSSR count). The van der Waals surface area contributed by atoms with Crippen molar-refractivity contribution in [3.63, 3.8) is 0 Å². The molecule has 0 aliphatic rings. The number of amides is 3. The van der Waals surface area contributed by atoms with Crippen LogP contribution in [0.3, 0.4) is 0 Å². The molecule has 0 saturated heterocycles. The number of aryl methyl sites for hydroxylation is 1. The number of aromatic nitrogens is 2. The molecule has 0 aliphatic carbocycles. The second kappa shape index (κ2) is 9.18. The lowest BCUT2D eigenvalue weighted by Crippen LogP contribution is -2.42. The summed E-state index contributed by atoms with van der Waals surface area (Å²) in [5.74, 6) is -0.0507. The summed E-state index contributed by atoms with van der Waals surface area (Å²) in [5.41, 5.74) is 2.85. The lowest BCUT2D eigenvalue weighted by molar-refractivity contribution is -0.119. The second-order valence-electron chi connectivity index (χ2n) is 6.16. The highest BCUT2D eigenvalue weighted by atomic mass is 32.2. The molecule has 1 atom stereocenters. The Hall–Kier alpha value is -3.13. The zero-order valence-corrected chi connectivity index (χ0v) is 16.3. The van der Waals surface area contributed by atoms with Crippen molar-refractivity contribution in [3.8, 4) is 11.5 Å². The van der Waals surface area contributed by atoms with Gasteiger partial charge in [-0.05, 0) is 31.5 Å². The van der Waals surface area contributed by atoms with Crippen molar-refractivity contribution in [2.75, 3.05) is 0 Å². The minimum Gasteiger partial charge on any atom is -0.411 e. The Morgan fingerprint density at radius 2 is 1.89 bits per heavy atom. The molecule has 0 aliphatic heterocycles. The van der Waals surface area contributed by atoms with Gasteiger partial charge in [0.1, 0.15) is 0 Å². The highest BCUT2D eigenvalue weighted by Crippen LogP contribution is 2.26. The zero-order valence-electron chi connectivity index (χ0n) is 15.5. The summed E-state index contributed by atoms with van der Waals surface area (Å²) in [4.78, 5) is 24.1. The van der Waals surface area contributed by atoms with Crippen molar-refractivity contribution in [3.05, 3.63) is 65.7 Å². The van der Waals surface area contributed by atoms with E-state index < -0.39 is 17.2 Å². The fraction of sp³-hybridized carbons (Fsp3) is 0.200. The molecule has 3 amide bonds. The van der Waals surface area contributed by atoms with Crippen LogP contribution in [0.5, 0.6) is 0 Å². The Morgan fingerprint density at radius 1 is 1.11 bits per heavy atom. The fourth-order valence-electron chi connectivity index (χ4n) is 2.39. The number of imide groups is 1. The topological polar surface area (TPSA) is 97.1 Å². The van der Waals surface area contributed by atoms with E-state index in [1.165, 1.54) is 0 Å². The van der Waals surface area contributed by atoms with Crippen LogP contribution in [0.15, 0.2) is 64.2 Å². The quantitative estimate of drug-likeness (QED) is 0.619. The Bertz CT molecular complexity index is 959. The molecule has 7 nitrogen and oxygen atoms in total. The van der Waals surface area contributed by atoms with Crippen molar-refractivity contribution < 1.29 is 14.0 Å². The standard InChI is InChI=1S/C20H20N4O3S/c1-13-7-6-10-16(11-13)18-23-24-20(27-18)28-14(2)17(25)22-19(26)21-12-15-8-4-3-5-9-15/h3-11,14H,12H2,1-2H3,(H2,21,22,25,26)/t14-/m0/s1. The number of benzene rings is 2. The third-order valence-corrected chi connectivity index (χ3v) is 4.79. The normalized spacial score (nSPS) is 11.6. The molecular formula is C20H20N4O3S. The first kappa shape index (κ1) is 19.6. The average Bonchev–Trinajstić information content (AvgIpc) is 3.15. The minimum absolute atomic E-state index is 0.267. The maximum atomic E-state index is 12.2. The molecule has 1 heterocycles. The van der Waals surface area contributed by atoms with Gasteiger partial charge in [0, 0.05) is 12.1 Å². The van der Waals surface area contributed by atoms with Gasteiger partial charge in [0.15, 0.2) is 0 Å². The first-order valence-corrected chi connectivity index (χ1v) is 9.59. The van der Waals surface area contributed by atoms with E-state index in [9.17, 15) is 9.59 Å². The number of urea groups is 1. The van der Waals surface area contributed by atoms with E-state index in [0.717, 1.165) is 28.5 Å². The molecule has 144 valence electrons. The van der Waals surface area contributed by atoms with E-state index >= 15 is 0 Å². The van der Waals surface area contributed by atoms with Gasteiger partial charge < -0.3 is 9.73 Å². The summed E-state index contributed by atoms with van der Waals surface area (Å²) in [6.45, 7) is 3.98. The maximum Gasteiger partial charge on any atom is 0.321 e. The monoisotopic (exact) mass is 396 g/mol. The van der Waals surface area contributed by atoms with Gasteiger partial charge in [-0.2, -0.15) is 0 Å². The van der Waals surface area contributed by atoms with Gasteiger partial charge >= 0.3 is 6.03 Å². The SMILES string of the molecule is Cc1cccc(-c2nnc(S[C@@H](C)C(=O)NC(=O)NCc3ccccc3)o2)c1. The van der Waals surface area contributed by atoms with E-state index in [-0.39, 0.29) is 5.22 Å². The smallest absolute Gasteiger partial charge is 0.321 e. The predicted molar refractivity (Wildman–Crippen MR) is 107 cm³/mol. The summed E-state index contributed by atoms with van der Waals surface area (Å²) in [6, 6.07) is 16.6. The Morgan fingerprint density at radius 3 is 2.64 bits per heavy atom. The lowest BCUT2D eigenvalue weighted by Gasteiger charge is -2.10.